The molecule has 0 N–H and O–H groups in total. The van der Waals surface area contributed by atoms with E-state index in [9.17, 15) is 4.79 Å². The summed E-state index contributed by atoms with van der Waals surface area (Å²) in [5, 5.41) is 7.28. The Morgan fingerprint density at radius 3 is 2.62 bits per heavy atom. The minimum Gasteiger partial charge on any atom is -0.312 e. The number of amides is 1. The maximum atomic E-state index is 12.9. The number of hydrazone groups is 1. The Balaban J connectivity index is 2.01. The molecule has 2 heterocycles. The van der Waals surface area contributed by atoms with Crippen LogP contribution in [0.1, 0.15) is 22.8 Å². The van der Waals surface area contributed by atoms with Crippen LogP contribution in [0.3, 0.4) is 0 Å². The molecule has 24 heavy (non-hydrogen) atoms. The molecule has 6 heteroatoms. The van der Waals surface area contributed by atoms with E-state index in [1.807, 2.05) is 55.4 Å². The molecule has 2 unspecified atom stereocenters. The van der Waals surface area contributed by atoms with Gasteiger partial charge in [-0.1, -0.05) is 45.7 Å². The van der Waals surface area contributed by atoms with Gasteiger partial charge in [0.1, 0.15) is 4.83 Å². The summed E-state index contributed by atoms with van der Waals surface area (Å²) in [5.41, 5.74) is 2.60. The molecule has 0 bridgehead atoms. The highest BCUT2D eigenvalue weighted by atomic mass is 79.9. The number of para-hydroxylation sites is 1. The van der Waals surface area contributed by atoms with Crippen molar-refractivity contribution >= 4 is 44.8 Å². The van der Waals surface area contributed by atoms with E-state index in [2.05, 4.69) is 15.9 Å². The second-order valence-corrected chi connectivity index (χ2v) is 7.38. The van der Waals surface area contributed by atoms with E-state index < -0.39 is 5.66 Å². The SMILES string of the molecule is CC1=NN(c2ccccc2)C2(c3cc(Cl)ccc3C(=O)N2C)C1Br. The fourth-order valence-corrected chi connectivity index (χ4v) is 4.60. The molecule has 2 aromatic rings. The average molecular weight is 405 g/mol. The van der Waals surface area contributed by atoms with Crippen LogP contribution in [0.2, 0.25) is 5.02 Å². The second kappa shape index (κ2) is 5.33. The lowest BCUT2D eigenvalue weighted by Crippen LogP contribution is -2.56. The first-order valence-corrected chi connectivity index (χ1v) is 8.90. The summed E-state index contributed by atoms with van der Waals surface area (Å²) < 4.78 is 0. The van der Waals surface area contributed by atoms with Crippen LogP contribution < -0.4 is 5.01 Å². The van der Waals surface area contributed by atoms with E-state index in [1.165, 1.54) is 0 Å². The molecule has 4 rings (SSSR count). The number of fused-ring (bicyclic) bond motifs is 2. The average Bonchev–Trinajstić information content (AvgIpc) is 2.98. The topological polar surface area (TPSA) is 35.9 Å². The first kappa shape index (κ1) is 15.7. The molecule has 0 aromatic heterocycles. The van der Waals surface area contributed by atoms with Gasteiger partial charge in [-0.2, -0.15) is 5.10 Å². The van der Waals surface area contributed by atoms with Crippen LogP contribution in [0.5, 0.6) is 0 Å². The van der Waals surface area contributed by atoms with E-state index >= 15 is 0 Å². The number of nitrogens with zero attached hydrogens (tertiary/aromatic N) is 3. The molecule has 0 aliphatic carbocycles. The predicted molar refractivity (Wildman–Crippen MR) is 100.0 cm³/mol. The molecule has 2 atom stereocenters. The highest BCUT2D eigenvalue weighted by Gasteiger charge is 2.60. The highest BCUT2D eigenvalue weighted by molar-refractivity contribution is 9.10. The summed E-state index contributed by atoms with van der Waals surface area (Å²) in [4.78, 5) is 14.5. The van der Waals surface area contributed by atoms with Crippen LogP contribution in [-0.2, 0) is 5.66 Å². The molecular formula is C18H15BrClN3O. The fraction of sp³-hybridized carbons (Fsp3) is 0.222. The van der Waals surface area contributed by atoms with Crippen LogP contribution in [0.25, 0.3) is 0 Å². The van der Waals surface area contributed by atoms with Gasteiger partial charge >= 0.3 is 0 Å². The van der Waals surface area contributed by atoms with Crippen molar-refractivity contribution in [1.82, 2.24) is 4.90 Å². The number of carbonyl (C=O) groups is 1. The fourth-order valence-electron chi connectivity index (χ4n) is 3.59. The predicted octanol–water partition coefficient (Wildman–Crippen LogP) is 4.24. The summed E-state index contributed by atoms with van der Waals surface area (Å²) in [6.07, 6.45) is 0. The number of carbonyl (C=O) groups excluding carboxylic acids is 1. The maximum Gasteiger partial charge on any atom is 0.256 e. The monoisotopic (exact) mass is 403 g/mol. The molecule has 2 aliphatic heterocycles. The molecule has 122 valence electrons. The van der Waals surface area contributed by atoms with Gasteiger partial charge in [-0.05, 0) is 37.3 Å². The minimum absolute atomic E-state index is 0.0306. The van der Waals surface area contributed by atoms with Gasteiger partial charge in [0, 0.05) is 23.2 Å². The zero-order chi connectivity index (χ0) is 17.1. The third-order valence-electron chi connectivity index (χ3n) is 4.73. The summed E-state index contributed by atoms with van der Waals surface area (Å²) in [7, 11) is 1.81. The lowest BCUT2D eigenvalue weighted by molar-refractivity contribution is 0.0659. The molecule has 0 saturated carbocycles. The molecule has 1 amide bonds. The number of rotatable bonds is 1. The minimum atomic E-state index is -0.761. The van der Waals surface area contributed by atoms with Gasteiger partial charge in [-0.25, -0.2) is 5.01 Å². The van der Waals surface area contributed by atoms with Gasteiger partial charge in [0.15, 0.2) is 5.66 Å². The molecule has 2 aliphatic rings. The van der Waals surface area contributed by atoms with E-state index in [1.54, 1.807) is 17.0 Å². The zero-order valence-corrected chi connectivity index (χ0v) is 15.5. The van der Waals surface area contributed by atoms with Crippen molar-refractivity contribution in [2.24, 2.45) is 5.10 Å². The third-order valence-corrected chi connectivity index (χ3v) is 6.26. The molecule has 4 nitrogen and oxygen atoms in total. The number of hydrogen-bond donors (Lipinski definition) is 0. The van der Waals surface area contributed by atoms with Crippen molar-refractivity contribution in [2.75, 3.05) is 12.1 Å². The highest BCUT2D eigenvalue weighted by Crippen LogP contribution is 2.51. The number of anilines is 1. The third kappa shape index (κ3) is 1.85. The summed E-state index contributed by atoms with van der Waals surface area (Å²) in [6, 6.07) is 15.3. The Hall–Kier alpha value is -1.85. The van der Waals surface area contributed by atoms with E-state index in [-0.39, 0.29) is 10.7 Å². The standard InChI is InChI=1S/C18H15BrClN3O/c1-11-16(19)18(23(21-11)13-6-4-3-5-7-13)15-10-12(20)8-9-14(15)17(24)22(18)2/h3-10,16H,1-2H3. The Labute approximate surface area is 153 Å². The molecule has 0 saturated heterocycles. The first-order chi connectivity index (χ1) is 11.5. The molecular weight excluding hydrogens is 390 g/mol. The van der Waals surface area contributed by atoms with Crippen molar-refractivity contribution in [1.29, 1.82) is 0 Å². The summed E-state index contributed by atoms with van der Waals surface area (Å²) >= 11 is 10.0. The van der Waals surface area contributed by atoms with Crippen molar-refractivity contribution in [3.8, 4) is 0 Å². The Morgan fingerprint density at radius 2 is 1.92 bits per heavy atom. The van der Waals surface area contributed by atoms with Gasteiger partial charge in [0.25, 0.3) is 5.91 Å². The maximum absolute atomic E-state index is 12.9. The normalized spacial score (nSPS) is 25.4. The zero-order valence-electron chi connectivity index (χ0n) is 13.2. The Kier molecular flexibility index (Phi) is 3.48. The van der Waals surface area contributed by atoms with Crippen molar-refractivity contribution in [3.05, 3.63) is 64.7 Å². The van der Waals surface area contributed by atoms with Gasteiger partial charge in [0.2, 0.25) is 0 Å². The number of hydrogen-bond acceptors (Lipinski definition) is 3. The number of benzene rings is 2. The summed E-state index contributed by atoms with van der Waals surface area (Å²) in [5.74, 6) is -0.0306. The van der Waals surface area contributed by atoms with Crippen LogP contribution >= 0.6 is 27.5 Å². The Bertz CT molecular complexity index is 870. The van der Waals surface area contributed by atoms with E-state index in [4.69, 9.17) is 16.7 Å². The lowest BCUT2D eigenvalue weighted by atomic mass is 9.93. The van der Waals surface area contributed by atoms with Gasteiger partial charge in [0.05, 0.1) is 11.4 Å². The molecule has 1 spiro atoms. The van der Waals surface area contributed by atoms with E-state index in [0.717, 1.165) is 17.0 Å². The second-order valence-electron chi connectivity index (χ2n) is 6.03. The van der Waals surface area contributed by atoms with Crippen LogP contribution in [-0.4, -0.2) is 28.4 Å². The molecule has 0 radical (unpaired) electrons. The van der Waals surface area contributed by atoms with E-state index in [0.29, 0.717) is 10.6 Å². The van der Waals surface area contributed by atoms with Crippen molar-refractivity contribution in [3.63, 3.8) is 0 Å². The lowest BCUT2D eigenvalue weighted by Gasteiger charge is -2.42. The number of halogens is 2. The van der Waals surface area contributed by atoms with Gasteiger partial charge in [-0.15, -0.1) is 0 Å². The Morgan fingerprint density at radius 1 is 1.21 bits per heavy atom. The quantitative estimate of drug-likeness (QED) is 0.667. The largest absolute Gasteiger partial charge is 0.312 e. The van der Waals surface area contributed by atoms with Crippen molar-refractivity contribution < 1.29 is 4.79 Å². The van der Waals surface area contributed by atoms with Gasteiger partial charge < -0.3 is 4.90 Å². The molecule has 2 aromatic carbocycles. The first-order valence-electron chi connectivity index (χ1n) is 7.60. The van der Waals surface area contributed by atoms with Crippen LogP contribution in [0, 0.1) is 0 Å². The summed E-state index contributed by atoms with van der Waals surface area (Å²) in [6.45, 7) is 1.96. The van der Waals surface area contributed by atoms with Crippen LogP contribution in [0.15, 0.2) is 53.6 Å². The van der Waals surface area contributed by atoms with Crippen LogP contribution in [0.4, 0.5) is 5.69 Å². The number of alkyl halides is 1. The smallest absolute Gasteiger partial charge is 0.256 e. The van der Waals surface area contributed by atoms with Crippen molar-refractivity contribution in [2.45, 2.75) is 17.4 Å². The van der Waals surface area contributed by atoms with Gasteiger partial charge in [-0.3, -0.25) is 4.79 Å². The molecule has 0 fully saturated rings.